The number of carbonyl (C=O) groups is 1. The summed E-state index contributed by atoms with van der Waals surface area (Å²) < 4.78 is 0. The van der Waals surface area contributed by atoms with Crippen LogP contribution in [0.4, 0.5) is 0 Å². The van der Waals surface area contributed by atoms with E-state index in [2.05, 4.69) is 29.6 Å². The molecule has 0 aromatic heterocycles. The predicted octanol–water partition coefficient (Wildman–Crippen LogP) is 2.13. The number of amides is 1. The summed E-state index contributed by atoms with van der Waals surface area (Å²) in [5.74, 6) is 0.955. The normalized spacial score (nSPS) is 36.7. The molecule has 0 saturated heterocycles. The summed E-state index contributed by atoms with van der Waals surface area (Å²) in [4.78, 5) is 12.6. The van der Waals surface area contributed by atoms with Crippen molar-refractivity contribution in [2.45, 2.75) is 50.0 Å². The Hall–Kier alpha value is -1.35. The maximum Gasteiger partial charge on any atom is 0.224 e. The number of benzene rings is 1. The minimum Gasteiger partial charge on any atom is -0.353 e. The molecule has 3 nitrogen and oxygen atoms in total. The van der Waals surface area contributed by atoms with Gasteiger partial charge >= 0.3 is 0 Å². The topological polar surface area (TPSA) is 55.1 Å². The molecule has 4 atom stereocenters. The lowest BCUT2D eigenvalue weighted by atomic mass is 9.95. The molecule has 112 valence electrons. The number of aryl methyl sites for hydroxylation is 1. The molecule has 0 radical (unpaired) electrons. The first-order valence-electron chi connectivity index (χ1n) is 8.33. The molecular formula is C18H24N2O. The number of hydrogen-bond donors (Lipinski definition) is 2. The van der Waals surface area contributed by atoms with Crippen molar-refractivity contribution < 1.29 is 4.79 Å². The number of nitrogens with one attached hydrogen (secondary N) is 1. The Morgan fingerprint density at radius 3 is 3.05 bits per heavy atom. The summed E-state index contributed by atoms with van der Waals surface area (Å²) >= 11 is 0. The highest BCUT2D eigenvalue weighted by Crippen LogP contribution is 2.61. The van der Waals surface area contributed by atoms with Crippen LogP contribution in [0, 0.1) is 11.8 Å². The first-order chi connectivity index (χ1) is 10.2. The van der Waals surface area contributed by atoms with Crippen LogP contribution < -0.4 is 11.1 Å². The van der Waals surface area contributed by atoms with Gasteiger partial charge in [-0.15, -0.1) is 0 Å². The van der Waals surface area contributed by atoms with Gasteiger partial charge in [0, 0.05) is 17.4 Å². The first kappa shape index (κ1) is 13.3. The number of fused-ring (bicyclic) bond motifs is 2. The van der Waals surface area contributed by atoms with E-state index in [9.17, 15) is 4.79 Å². The molecule has 1 aromatic carbocycles. The van der Waals surface area contributed by atoms with Gasteiger partial charge in [0.1, 0.15) is 0 Å². The van der Waals surface area contributed by atoms with E-state index >= 15 is 0 Å². The molecule has 4 unspecified atom stereocenters. The van der Waals surface area contributed by atoms with Crippen LogP contribution in [0.5, 0.6) is 0 Å². The second-order valence-corrected chi connectivity index (χ2v) is 7.11. The van der Waals surface area contributed by atoms with Crippen molar-refractivity contribution in [3.63, 3.8) is 0 Å². The van der Waals surface area contributed by atoms with Crippen LogP contribution in [-0.4, -0.2) is 18.5 Å². The summed E-state index contributed by atoms with van der Waals surface area (Å²) in [5.41, 5.74) is 8.87. The van der Waals surface area contributed by atoms with Crippen molar-refractivity contribution in [1.82, 2.24) is 5.32 Å². The monoisotopic (exact) mass is 284 g/mol. The van der Waals surface area contributed by atoms with Gasteiger partial charge in [-0.3, -0.25) is 4.79 Å². The number of nitrogens with two attached hydrogens (primary N) is 1. The molecule has 3 heteroatoms. The zero-order valence-electron chi connectivity index (χ0n) is 12.5. The van der Waals surface area contributed by atoms with Gasteiger partial charge in [-0.1, -0.05) is 30.7 Å². The maximum absolute atomic E-state index is 12.6. The molecule has 1 spiro atoms. The van der Waals surface area contributed by atoms with Crippen molar-refractivity contribution >= 4 is 5.91 Å². The van der Waals surface area contributed by atoms with Gasteiger partial charge < -0.3 is 11.1 Å². The molecule has 0 bridgehead atoms. The molecule has 21 heavy (non-hydrogen) atoms. The largest absolute Gasteiger partial charge is 0.353 e. The second kappa shape index (κ2) is 4.84. The molecular weight excluding hydrogens is 260 g/mol. The molecule has 2 saturated carbocycles. The summed E-state index contributed by atoms with van der Waals surface area (Å²) in [6.07, 6.45) is 6.79. The van der Waals surface area contributed by atoms with Crippen LogP contribution in [0.15, 0.2) is 24.3 Å². The smallest absolute Gasteiger partial charge is 0.224 e. The average Bonchev–Trinajstić information content (AvgIpc) is 2.87. The van der Waals surface area contributed by atoms with Gasteiger partial charge in [-0.25, -0.2) is 0 Å². The molecule has 3 aliphatic carbocycles. The Morgan fingerprint density at radius 1 is 1.33 bits per heavy atom. The van der Waals surface area contributed by atoms with E-state index in [1.165, 1.54) is 24.0 Å². The van der Waals surface area contributed by atoms with E-state index in [-0.39, 0.29) is 17.2 Å². The van der Waals surface area contributed by atoms with E-state index in [4.69, 9.17) is 5.73 Å². The molecule has 3 aliphatic rings. The maximum atomic E-state index is 12.6. The van der Waals surface area contributed by atoms with Crippen LogP contribution in [0.3, 0.4) is 0 Å². The summed E-state index contributed by atoms with van der Waals surface area (Å²) in [5, 5.41) is 3.30. The summed E-state index contributed by atoms with van der Waals surface area (Å²) in [6.45, 7) is 0.698. The Morgan fingerprint density at radius 2 is 2.19 bits per heavy atom. The number of rotatable bonds is 3. The summed E-state index contributed by atoms with van der Waals surface area (Å²) in [7, 11) is 0. The molecule has 0 heterocycles. The van der Waals surface area contributed by atoms with E-state index in [1.54, 1.807) is 0 Å². The predicted molar refractivity (Wildman–Crippen MR) is 82.9 cm³/mol. The highest BCUT2D eigenvalue weighted by molar-refractivity contribution is 5.85. The lowest BCUT2D eigenvalue weighted by molar-refractivity contribution is -0.123. The Bertz CT molecular complexity index is 570. The van der Waals surface area contributed by atoms with Crippen LogP contribution in [0.2, 0.25) is 0 Å². The second-order valence-electron chi connectivity index (χ2n) is 7.11. The molecule has 4 rings (SSSR count). The van der Waals surface area contributed by atoms with Gasteiger partial charge in [0.15, 0.2) is 0 Å². The number of carbonyl (C=O) groups excluding carboxylic acids is 1. The van der Waals surface area contributed by atoms with Crippen molar-refractivity contribution in [2.24, 2.45) is 17.6 Å². The molecule has 2 fully saturated rings. The first-order valence-corrected chi connectivity index (χ1v) is 8.33. The zero-order valence-corrected chi connectivity index (χ0v) is 12.5. The summed E-state index contributed by atoms with van der Waals surface area (Å²) in [6, 6.07) is 8.99. The van der Waals surface area contributed by atoms with Crippen molar-refractivity contribution in [2.75, 3.05) is 6.54 Å². The van der Waals surface area contributed by atoms with Crippen LogP contribution in [0.25, 0.3) is 0 Å². The van der Waals surface area contributed by atoms with Gasteiger partial charge in [-0.2, -0.15) is 0 Å². The Balaban J connectivity index is 1.47. The molecule has 1 aromatic rings. The minimum atomic E-state index is 0.164. The fraction of sp³-hybridized carbons (Fsp3) is 0.611. The fourth-order valence-corrected chi connectivity index (χ4v) is 4.73. The van der Waals surface area contributed by atoms with Crippen molar-refractivity contribution in [3.8, 4) is 0 Å². The van der Waals surface area contributed by atoms with Gasteiger partial charge in [0.25, 0.3) is 0 Å². The minimum absolute atomic E-state index is 0.164. The third-order valence-corrected chi connectivity index (χ3v) is 6.08. The van der Waals surface area contributed by atoms with E-state index in [0.29, 0.717) is 18.5 Å². The standard InChI is InChI=1S/C18H24N2O/c19-11-13-5-3-7-16(13)20-17(21)15-10-18(15)9-8-12-4-1-2-6-14(12)18/h1-2,4,6,13,15-16H,3,5,7-11,19H2,(H,20,21). The zero-order chi connectivity index (χ0) is 14.4. The van der Waals surface area contributed by atoms with E-state index in [0.717, 1.165) is 25.7 Å². The molecule has 0 aliphatic heterocycles. The lowest BCUT2D eigenvalue weighted by Gasteiger charge is -2.20. The van der Waals surface area contributed by atoms with Gasteiger partial charge in [0.05, 0.1) is 0 Å². The van der Waals surface area contributed by atoms with Crippen molar-refractivity contribution in [1.29, 1.82) is 0 Å². The average molecular weight is 284 g/mol. The Kier molecular flexibility index (Phi) is 3.07. The molecule has 3 N–H and O–H groups in total. The van der Waals surface area contributed by atoms with Crippen LogP contribution >= 0.6 is 0 Å². The Labute approximate surface area is 126 Å². The van der Waals surface area contributed by atoms with Gasteiger partial charge in [-0.05, 0) is 55.7 Å². The lowest BCUT2D eigenvalue weighted by Crippen LogP contribution is -2.41. The van der Waals surface area contributed by atoms with Crippen molar-refractivity contribution in [3.05, 3.63) is 35.4 Å². The number of hydrogen-bond acceptors (Lipinski definition) is 2. The molecule has 1 amide bonds. The highest BCUT2D eigenvalue weighted by atomic mass is 16.2. The van der Waals surface area contributed by atoms with Crippen LogP contribution in [0.1, 0.15) is 43.2 Å². The highest BCUT2D eigenvalue weighted by Gasteiger charge is 2.61. The van der Waals surface area contributed by atoms with Gasteiger partial charge in [0.2, 0.25) is 5.91 Å². The third-order valence-electron chi connectivity index (χ3n) is 6.08. The third kappa shape index (κ3) is 2.02. The SMILES string of the molecule is NCC1CCCC1NC(=O)C1CC12CCc1ccccc12. The van der Waals surface area contributed by atoms with E-state index in [1.807, 2.05) is 0 Å². The fourth-order valence-electron chi connectivity index (χ4n) is 4.73. The van der Waals surface area contributed by atoms with Crippen LogP contribution in [-0.2, 0) is 16.6 Å². The van der Waals surface area contributed by atoms with E-state index < -0.39 is 0 Å². The quantitative estimate of drug-likeness (QED) is 0.893.